The lowest BCUT2D eigenvalue weighted by atomic mass is 10.4. The van der Waals surface area contributed by atoms with Crippen LogP contribution in [-0.4, -0.2) is 16.6 Å². The Morgan fingerprint density at radius 3 is 2.75 bits per heavy atom. The van der Waals surface area contributed by atoms with Crippen LogP contribution in [0.1, 0.15) is 6.92 Å². The summed E-state index contributed by atoms with van der Waals surface area (Å²) < 4.78 is 0. The van der Waals surface area contributed by atoms with Crippen molar-refractivity contribution in [2.75, 3.05) is 11.9 Å². The maximum Gasteiger partial charge on any atom is 0.170 e. The third-order valence-corrected chi connectivity index (χ3v) is 1.52. The highest BCUT2D eigenvalue weighted by molar-refractivity contribution is 7.80. The molecule has 0 unspecified atom stereocenters. The average molecular weight is 181 g/mol. The molecule has 1 heterocycles. The quantitative estimate of drug-likeness (QED) is 0.676. The molecule has 0 fully saturated rings. The molecule has 0 aromatic carbocycles. The molecule has 0 saturated heterocycles. The van der Waals surface area contributed by atoms with Gasteiger partial charge in [0.05, 0.1) is 0 Å². The number of nitrogens with zero attached hydrogens (tertiary/aromatic N) is 1. The first-order valence-electron chi connectivity index (χ1n) is 3.78. The fourth-order valence-electron chi connectivity index (χ4n) is 0.771. The Balaban J connectivity index is 2.47. The van der Waals surface area contributed by atoms with Gasteiger partial charge in [-0.25, -0.2) is 0 Å². The van der Waals surface area contributed by atoms with Gasteiger partial charge in [0, 0.05) is 24.6 Å². The molecule has 2 N–H and O–H groups in total. The minimum atomic E-state index is 0.642. The molecule has 0 amide bonds. The molecule has 0 aliphatic heterocycles. The van der Waals surface area contributed by atoms with Gasteiger partial charge >= 0.3 is 0 Å². The number of nitrogens with one attached hydrogen (secondary N) is 2. The van der Waals surface area contributed by atoms with Crippen LogP contribution in [0.5, 0.6) is 0 Å². The van der Waals surface area contributed by atoms with Gasteiger partial charge in [0.15, 0.2) is 5.11 Å². The molecule has 0 aliphatic rings. The van der Waals surface area contributed by atoms with E-state index in [1.165, 1.54) is 0 Å². The van der Waals surface area contributed by atoms with E-state index in [1.54, 1.807) is 12.4 Å². The molecular weight excluding hydrogens is 170 g/mol. The molecule has 0 atom stereocenters. The maximum absolute atomic E-state index is 4.99. The summed E-state index contributed by atoms with van der Waals surface area (Å²) in [7, 11) is 0. The standard InChI is InChI=1S/C8H11N3S/c1-2-10-8(12)11-7-3-5-9-6-4-7/h3-6H,2H2,1H3,(H2,9,10,11,12). The second-order valence-electron chi connectivity index (χ2n) is 2.22. The lowest BCUT2D eigenvalue weighted by molar-refractivity contribution is 0.979. The van der Waals surface area contributed by atoms with Gasteiger partial charge in [-0.2, -0.15) is 0 Å². The molecule has 0 bridgehead atoms. The molecule has 0 saturated carbocycles. The smallest absolute Gasteiger partial charge is 0.170 e. The highest BCUT2D eigenvalue weighted by Crippen LogP contribution is 2.01. The third kappa shape index (κ3) is 2.84. The lowest BCUT2D eigenvalue weighted by Crippen LogP contribution is -2.27. The normalized spacial score (nSPS) is 9.08. The number of anilines is 1. The van der Waals surface area contributed by atoms with E-state index in [9.17, 15) is 0 Å². The van der Waals surface area contributed by atoms with Crippen LogP contribution in [0.25, 0.3) is 0 Å². The second-order valence-corrected chi connectivity index (χ2v) is 2.63. The Labute approximate surface area is 77.2 Å². The van der Waals surface area contributed by atoms with Crippen molar-refractivity contribution in [3.8, 4) is 0 Å². The van der Waals surface area contributed by atoms with Gasteiger partial charge in [0.1, 0.15) is 0 Å². The molecule has 0 aliphatic carbocycles. The monoisotopic (exact) mass is 181 g/mol. The summed E-state index contributed by atoms with van der Waals surface area (Å²) in [5, 5.41) is 6.66. The largest absolute Gasteiger partial charge is 0.363 e. The summed E-state index contributed by atoms with van der Waals surface area (Å²) in [4.78, 5) is 3.89. The van der Waals surface area contributed by atoms with E-state index in [-0.39, 0.29) is 0 Å². The van der Waals surface area contributed by atoms with Crippen LogP contribution in [0, 0.1) is 0 Å². The SMILES string of the molecule is CCNC(=S)Nc1ccncc1. The summed E-state index contributed by atoms with van der Waals surface area (Å²) in [6.07, 6.45) is 3.44. The minimum Gasteiger partial charge on any atom is -0.363 e. The number of aromatic nitrogens is 1. The Morgan fingerprint density at radius 1 is 1.50 bits per heavy atom. The number of rotatable bonds is 2. The molecule has 64 valence electrons. The van der Waals surface area contributed by atoms with E-state index < -0.39 is 0 Å². The highest BCUT2D eigenvalue weighted by Gasteiger charge is 1.92. The Hall–Kier alpha value is -1.16. The van der Waals surface area contributed by atoms with Crippen molar-refractivity contribution < 1.29 is 0 Å². The van der Waals surface area contributed by atoms with Crippen LogP contribution in [-0.2, 0) is 0 Å². The molecule has 1 aromatic rings. The fourth-order valence-corrected chi connectivity index (χ4v) is 1.03. The fraction of sp³-hybridized carbons (Fsp3) is 0.250. The minimum absolute atomic E-state index is 0.642. The van der Waals surface area contributed by atoms with E-state index in [1.807, 2.05) is 19.1 Å². The van der Waals surface area contributed by atoms with Crippen molar-refractivity contribution >= 4 is 23.0 Å². The van der Waals surface area contributed by atoms with E-state index in [0.29, 0.717) is 5.11 Å². The first-order chi connectivity index (χ1) is 5.83. The first kappa shape index (κ1) is 8.93. The highest BCUT2D eigenvalue weighted by atomic mass is 32.1. The van der Waals surface area contributed by atoms with E-state index >= 15 is 0 Å². The Morgan fingerprint density at radius 2 is 2.17 bits per heavy atom. The lowest BCUT2D eigenvalue weighted by Gasteiger charge is -2.07. The van der Waals surface area contributed by atoms with Crippen molar-refractivity contribution in [1.82, 2.24) is 10.3 Å². The van der Waals surface area contributed by atoms with Crippen LogP contribution < -0.4 is 10.6 Å². The van der Waals surface area contributed by atoms with Crippen molar-refractivity contribution in [2.24, 2.45) is 0 Å². The van der Waals surface area contributed by atoms with Crippen LogP contribution in [0.2, 0.25) is 0 Å². The number of hydrogen-bond acceptors (Lipinski definition) is 2. The summed E-state index contributed by atoms with van der Waals surface area (Å²) in [6, 6.07) is 3.73. The van der Waals surface area contributed by atoms with Crippen molar-refractivity contribution in [3.63, 3.8) is 0 Å². The predicted octanol–water partition coefficient (Wildman–Crippen LogP) is 1.39. The Kier molecular flexibility index (Phi) is 3.47. The Bertz CT molecular complexity index is 248. The van der Waals surface area contributed by atoms with Gasteiger partial charge in [-0.15, -0.1) is 0 Å². The molecule has 4 heteroatoms. The molecule has 1 rings (SSSR count). The van der Waals surface area contributed by atoms with E-state index in [0.717, 1.165) is 12.2 Å². The van der Waals surface area contributed by atoms with Crippen LogP contribution in [0.15, 0.2) is 24.5 Å². The van der Waals surface area contributed by atoms with Gasteiger partial charge in [-0.3, -0.25) is 4.98 Å². The van der Waals surface area contributed by atoms with Gasteiger partial charge in [-0.1, -0.05) is 0 Å². The summed E-state index contributed by atoms with van der Waals surface area (Å²) >= 11 is 4.99. The maximum atomic E-state index is 4.99. The van der Waals surface area contributed by atoms with Gasteiger partial charge in [0.25, 0.3) is 0 Å². The molecule has 0 radical (unpaired) electrons. The summed E-state index contributed by atoms with van der Waals surface area (Å²) in [5.74, 6) is 0. The van der Waals surface area contributed by atoms with Crippen LogP contribution >= 0.6 is 12.2 Å². The molecule has 12 heavy (non-hydrogen) atoms. The van der Waals surface area contributed by atoms with Gasteiger partial charge in [0.2, 0.25) is 0 Å². The van der Waals surface area contributed by atoms with Crippen molar-refractivity contribution in [1.29, 1.82) is 0 Å². The molecule has 3 nitrogen and oxygen atoms in total. The number of hydrogen-bond donors (Lipinski definition) is 2. The van der Waals surface area contributed by atoms with Gasteiger partial charge < -0.3 is 10.6 Å². The zero-order valence-corrected chi connectivity index (χ0v) is 7.69. The molecule has 0 spiro atoms. The van der Waals surface area contributed by atoms with Gasteiger partial charge in [-0.05, 0) is 31.3 Å². The van der Waals surface area contributed by atoms with E-state index in [4.69, 9.17) is 12.2 Å². The topological polar surface area (TPSA) is 37.0 Å². The summed E-state index contributed by atoms with van der Waals surface area (Å²) in [5.41, 5.74) is 0.955. The first-order valence-corrected chi connectivity index (χ1v) is 4.18. The number of thiocarbonyl (C=S) groups is 1. The molecular formula is C8H11N3S. The van der Waals surface area contributed by atoms with E-state index in [2.05, 4.69) is 15.6 Å². The zero-order valence-electron chi connectivity index (χ0n) is 6.87. The third-order valence-electron chi connectivity index (χ3n) is 1.28. The van der Waals surface area contributed by atoms with Crippen molar-refractivity contribution in [2.45, 2.75) is 6.92 Å². The second kappa shape index (κ2) is 4.66. The van der Waals surface area contributed by atoms with Crippen LogP contribution in [0.3, 0.4) is 0 Å². The number of pyridine rings is 1. The average Bonchev–Trinajstić information content (AvgIpc) is 2.06. The van der Waals surface area contributed by atoms with Crippen molar-refractivity contribution in [3.05, 3.63) is 24.5 Å². The summed E-state index contributed by atoms with van der Waals surface area (Å²) in [6.45, 7) is 2.83. The predicted molar refractivity (Wildman–Crippen MR) is 54.1 cm³/mol. The zero-order chi connectivity index (χ0) is 8.81. The van der Waals surface area contributed by atoms with Crippen LogP contribution in [0.4, 0.5) is 5.69 Å². The molecule has 1 aromatic heterocycles.